The summed E-state index contributed by atoms with van der Waals surface area (Å²) in [6.45, 7) is 2.89. The van der Waals surface area contributed by atoms with Crippen molar-refractivity contribution in [2.75, 3.05) is 18.1 Å². The van der Waals surface area contributed by atoms with E-state index in [1.54, 1.807) is 0 Å². The number of thioether (sulfide) groups is 1. The summed E-state index contributed by atoms with van der Waals surface area (Å²) < 4.78 is 5.59. The van der Waals surface area contributed by atoms with Crippen molar-refractivity contribution in [3.8, 4) is 0 Å². The van der Waals surface area contributed by atoms with Crippen LogP contribution in [0.3, 0.4) is 0 Å². The van der Waals surface area contributed by atoms with E-state index in [1.807, 2.05) is 18.7 Å². The monoisotopic (exact) mass is 301 g/mol. The number of ether oxygens (including phenoxy) is 1. The van der Waals surface area contributed by atoms with Crippen LogP contribution >= 0.6 is 11.8 Å². The quantitative estimate of drug-likeness (QED) is 0.608. The Hall–Kier alpha value is -0.260. The van der Waals surface area contributed by atoms with Gasteiger partial charge >= 0.3 is 5.97 Å². The van der Waals surface area contributed by atoms with E-state index in [0.29, 0.717) is 18.6 Å². The van der Waals surface area contributed by atoms with Gasteiger partial charge in [0.15, 0.2) is 0 Å². The van der Waals surface area contributed by atoms with Crippen LogP contribution in [0.5, 0.6) is 0 Å². The highest BCUT2D eigenvalue weighted by Crippen LogP contribution is 2.28. The third-order valence-electron chi connectivity index (χ3n) is 4.29. The minimum absolute atomic E-state index is 0.431. The van der Waals surface area contributed by atoms with Gasteiger partial charge in [-0.25, -0.2) is 0 Å². The maximum Gasteiger partial charge on any atom is 0.323 e. The van der Waals surface area contributed by atoms with E-state index in [-0.39, 0.29) is 0 Å². The summed E-state index contributed by atoms with van der Waals surface area (Å²) in [6.07, 6.45) is 7.41. The fraction of sp³-hybridized carbons (Fsp3) is 0.933. The number of aliphatic carboxylic acids is 1. The van der Waals surface area contributed by atoms with Crippen molar-refractivity contribution >= 4 is 17.7 Å². The number of carboxylic acids is 1. The van der Waals surface area contributed by atoms with Crippen molar-refractivity contribution in [2.45, 2.75) is 69.6 Å². The first-order valence-corrected chi connectivity index (χ1v) is 9.02. The highest BCUT2D eigenvalue weighted by molar-refractivity contribution is 7.99. The summed E-state index contributed by atoms with van der Waals surface area (Å²) in [5, 5.41) is 12.9. The van der Waals surface area contributed by atoms with Crippen molar-refractivity contribution < 1.29 is 14.6 Å². The van der Waals surface area contributed by atoms with Crippen LogP contribution in [-0.2, 0) is 9.53 Å². The van der Waals surface area contributed by atoms with Gasteiger partial charge in [0.1, 0.15) is 5.54 Å². The van der Waals surface area contributed by atoms with Crippen LogP contribution in [0.15, 0.2) is 0 Å². The maximum atomic E-state index is 11.6. The predicted molar refractivity (Wildman–Crippen MR) is 82.3 cm³/mol. The van der Waals surface area contributed by atoms with Crippen molar-refractivity contribution in [3.63, 3.8) is 0 Å². The molecule has 1 saturated heterocycles. The second-order valence-corrected chi connectivity index (χ2v) is 7.12. The molecule has 1 saturated carbocycles. The maximum absolute atomic E-state index is 11.6. The van der Waals surface area contributed by atoms with E-state index in [9.17, 15) is 9.90 Å². The SMILES string of the molecule is CCC(CCCSCC1CCCO1)(NC1CC1)C(=O)O. The molecule has 2 N–H and O–H groups in total. The fourth-order valence-electron chi connectivity index (χ4n) is 2.76. The third kappa shape index (κ3) is 4.64. The van der Waals surface area contributed by atoms with Crippen molar-refractivity contribution in [1.82, 2.24) is 5.32 Å². The Bertz CT molecular complexity index is 316. The second-order valence-electron chi connectivity index (χ2n) is 5.97. The number of hydrogen-bond donors (Lipinski definition) is 2. The normalized spacial score (nSPS) is 25.6. The lowest BCUT2D eigenvalue weighted by Crippen LogP contribution is -2.52. The first-order valence-electron chi connectivity index (χ1n) is 7.87. The van der Waals surface area contributed by atoms with Crippen LogP contribution in [-0.4, -0.2) is 46.9 Å². The average Bonchev–Trinajstić information content (AvgIpc) is 3.09. The molecule has 5 heteroatoms. The van der Waals surface area contributed by atoms with Crippen molar-refractivity contribution in [3.05, 3.63) is 0 Å². The Balaban J connectivity index is 1.66. The van der Waals surface area contributed by atoms with E-state index in [2.05, 4.69) is 5.32 Å². The Morgan fingerprint density at radius 1 is 1.45 bits per heavy atom. The molecule has 2 unspecified atom stereocenters. The Kier molecular flexibility index (Phi) is 6.18. The minimum Gasteiger partial charge on any atom is -0.480 e. The summed E-state index contributed by atoms with van der Waals surface area (Å²) >= 11 is 1.90. The van der Waals surface area contributed by atoms with Crippen LogP contribution in [0, 0.1) is 0 Å². The average molecular weight is 301 g/mol. The molecule has 2 rings (SSSR count). The molecule has 2 atom stereocenters. The van der Waals surface area contributed by atoms with Gasteiger partial charge in [-0.3, -0.25) is 10.1 Å². The Morgan fingerprint density at radius 3 is 2.80 bits per heavy atom. The van der Waals surface area contributed by atoms with Gasteiger partial charge in [0, 0.05) is 18.4 Å². The summed E-state index contributed by atoms with van der Waals surface area (Å²) in [6, 6.07) is 0.436. The fourth-order valence-corrected chi connectivity index (χ4v) is 3.80. The molecule has 2 fully saturated rings. The highest BCUT2D eigenvalue weighted by Gasteiger charge is 2.40. The molecule has 0 aromatic rings. The molecular weight excluding hydrogens is 274 g/mol. The predicted octanol–water partition coefficient (Wildman–Crippen LogP) is 2.66. The van der Waals surface area contributed by atoms with E-state index < -0.39 is 11.5 Å². The van der Waals surface area contributed by atoms with E-state index in [1.165, 1.54) is 12.8 Å². The molecule has 0 aromatic heterocycles. The molecule has 1 aliphatic heterocycles. The van der Waals surface area contributed by atoms with Gasteiger partial charge in [0.2, 0.25) is 0 Å². The summed E-state index contributed by atoms with van der Waals surface area (Å²) in [7, 11) is 0. The summed E-state index contributed by atoms with van der Waals surface area (Å²) in [4.78, 5) is 11.6. The lowest BCUT2D eigenvalue weighted by molar-refractivity contribution is -0.145. The van der Waals surface area contributed by atoms with Crippen LogP contribution in [0.1, 0.15) is 51.9 Å². The van der Waals surface area contributed by atoms with Crippen LogP contribution in [0.2, 0.25) is 0 Å². The topological polar surface area (TPSA) is 58.6 Å². The van der Waals surface area contributed by atoms with Crippen LogP contribution < -0.4 is 5.32 Å². The minimum atomic E-state index is -0.703. The molecule has 0 aromatic carbocycles. The zero-order chi connectivity index (χ0) is 14.4. The van der Waals surface area contributed by atoms with E-state index in [0.717, 1.165) is 43.8 Å². The van der Waals surface area contributed by atoms with Crippen molar-refractivity contribution in [2.24, 2.45) is 0 Å². The van der Waals surface area contributed by atoms with Crippen LogP contribution in [0.25, 0.3) is 0 Å². The molecule has 1 aliphatic carbocycles. The first-order chi connectivity index (χ1) is 9.66. The standard InChI is InChI=1S/C15H27NO3S/c1-2-15(14(17)18,16-12-6-7-12)8-4-10-20-11-13-5-3-9-19-13/h12-13,16H,2-11H2,1H3,(H,17,18). The Labute approximate surface area is 126 Å². The van der Waals surface area contributed by atoms with Gasteiger partial charge in [0.05, 0.1) is 6.10 Å². The van der Waals surface area contributed by atoms with Gasteiger partial charge in [0.25, 0.3) is 0 Å². The molecule has 0 radical (unpaired) electrons. The molecule has 116 valence electrons. The third-order valence-corrected chi connectivity index (χ3v) is 5.48. The number of nitrogens with one attached hydrogen (secondary N) is 1. The summed E-state index contributed by atoms with van der Waals surface area (Å²) in [5.74, 6) is 1.40. The number of rotatable bonds is 10. The number of hydrogen-bond acceptors (Lipinski definition) is 4. The molecule has 1 heterocycles. The Morgan fingerprint density at radius 2 is 2.25 bits per heavy atom. The van der Waals surface area contributed by atoms with Gasteiger partial charge in [-0.05, 0) is 50.7 Å². The highest BCUT2D eigenvalue weighted by atomic mass is 32.2. The molecule has 2 aliphatic rings. The van der Waals surface area contributed by atoms with Crippen molar-refractivity contribution in [1.29, 1.82) is 0 Å². The lowest BCUT2D eigenvalue weighted by Gasteiger charge is -2.29. The largest absolute Gasteiger partial charge is 0.480 e. The van der Waals surface area contributed by atoms with Crippen LogP contribution in [0.4, 0.5) is 0 Å². The molecule has 0 spiro atoms. The lowest BCUT2D eigenvalue weighted by atomic mass is 9.90. The molecule has 20 heavy (non-hydrogen) atoms. The van der Waals surface area contributed by atoms with Gasteiger partial charge in [-0.2, -0.15) is 11.8 Å². The molecule has 4 nitrogen and oxygen atoms in total. The zero-order valence-electron chi connectivity index (χ0n) is 12.4. The molecular formula is C15H27NO3S. The first kappa shape index (κ1) is 16.1. The van der Waals surface area contributed by atoms with Gasteiger partial charge < -0.3 is 9.84 Å². The smallest absolute Gasteiger partial charge is 0.323 e. The van der Waals surface area contributed by atoms with E-state index >= 15 is 0 Å². The summed E-state index contributed by atoms with van der Waals surface area (Å²) in [5.41, 5.74) is -0.703. The van der Waals surface area contributed by atoms with Gasteiger partial charge in [-0.1, -0.05) is 6.92 Å². The number of carbonyl (C=O) groups is 1. The number of carboxylic acid groups (broad SMARTS) is 1. The zero-order valence-corrected chi connectivity index (χ0v) is 13.2. The second kappa shape index (κ2) is 7.66. The van der Waals surface area contributed by atoms with E-state index in [4.69, 9.17) is 4.74 Å². The molecule has 0 bridgehead atoms. The van der Waals surface area contributed by atoms with Gasteiger partial charge in [-0.15, -0.1) is 0 Å². The molecule has 0 amide bonds.